The lowest BCUT2D eigenvalue weighted by Gasteiger charge is -2.17. The third-order valence-electron chi connectivity index (χ3n) is 5.35. The molecule has 0 bridgehead atoms. The number of rotatable bonds is 17. The van der Waals surface area contributed by atoms with Gasteiger partial charge in [-0.15, -0.1) is 0 Å². The summed E-state index contributed by atoms with van der Waals surface area (Å²) in [7, 11) is 0. The summed E-state index contributed by atoms with van der Waals surface area (Å²) in [5.74, 6) is 1.19. The molecule has 0 saturated carbocycles. The van der Waals surface area contributed by atoms with E-state index in [4.69, 9.17) is 4.74 Å². The van der Waals surface area contributed by atoms with Crippen molar-refractivity contribution < 1.29 is 9.53 Å². The highest BCUT2D eigenvalue weighted by atomic mass is 32.2. The maximum Gasteiger partial charge on any atom is 0.407 e. The summed E-state index contributed by atoms with van der Waals surface area (Å²) >= 11 is 1.97. The molecule has 0 aromatic heterocycles. The number of alkyl carbamates (subject to hydrolysis) is 1. The zero-order valence-corrected chi connectivity index (χ0v) is 18.8. The van der Waals surface area contributed by atoms with Crippen molar-refractivity contribution in [3.63, 3.8) is 0 Å². The third-order valence-corrected chi connectivity index (χ3v) is 6.82. The fourth-order valence-corrected chi connectivity index (χ4v) is 4.59. The number of nitrogens with zero attached hydrogens (tertiary/aromatic N) is 1. The van der Waals surface area contributed by atoms with Crippen molar-refractivity contribution in [2.45, 2.75) is 96.1 Å². The van der Waals surface area contributed by atoms with Crippen LogP contribution in [-0.2, 0) is 4.74 Å². The number of carbonyl (C=O) groups is 1. The largest absolute Gasteiger partial charge is 0.448 e. The Hall–Kier alpha value is -0.420. The van der Waals surface area contributed by atoms with Gasteiger partial charge in [0.05, 0.1) is 0 Å². The van der Waals surface area contributed by atoms with Crippen LogP contribution in [0.2, 0.25) is 0 Å². The van der Waals surface area contributed by atoms with E-state index in [0.29, 0.717) is 18.4 Å². The highest BCUT2D eigenvalue weighted by Crippen LogP contribution is 2.18. The number of hydrogen-bond acceptors (Lipinski definition) is 4. The molecular weight excluding hydrogens is 356 g/mol. The number of thioether (sulfide) groups is 1. The van der Waals surface area contributed by atoms with Gasteiger partial charge in [0.1, 0.15) is 6.61 Å². The first kappa shape index (κ1) is 24.6. The molecule has 1 amide bonds. The van der Waals surface area contributed by atoms with Crippen molar-refractivity contribution >= 4 is 17.9 Å². The summed E-state index contributed by atoms with van der Waals surface area (Å²) in [5, 5.41) is 3.32. The lowest BCUT2D eigenvalue weighted by Crippen LogP contribution is -2.34. The van der Waals surface area contributed by atoms with Crippen LogP contribution in [0.5, 0.6) is 0 Å². The molecule has 5 heteroatoms. The second kappa shape index (κ2) is 17.7. The molecule has 1 unspecified atom stereocenters. The predicted molar refractivity (Wildman–Crippen MR) is 119 cm³/mol. The first-order valence-electron chi connectivity index (χ1n) is 11.5. The van der Waals surface area contributed by atoms with Crippen LogP contribution in [0.3, 0.4) is 0 Å². The van der Waals surface area contributed by atoms with Gasteiger partial charge in [0, 0.05) is 18.3 Å². The van der Waals surface area contributed by atoms with Crippen LogP contribution in [0.4, 0.5) is 4.79 Å². The van der Waals surface area contributed by atoms with E-state index in [9.17, 15) is 4.79 Å². The number of amides is 1. The molecule has 0 aliphatic carbocycles. The van der Waals surface area contributed by atoms with Crippen LogP contribution in [0.1, 0.15) is 90.9 Å². The van der Waals surface area contributed by atoms with Crippen molar-refractivity contribution in [3.8, 4) is 0 Å². The highest BCUT2D eigenvalue weighted by molar-refractivity contribution is 7.99. The standard InChI is InChI=1S/C22H44N2O2S/c1-3-5-6-7-8-9-10-11-14-19-27-21(4-2)20-26-22(25)23-15-18-24-16-12-13-17-24/h21H,3-20H2,1-2H3,(H,23,25). The molecule has 1 N–H and O–H groups in total. The highest BCUT2D eigenvalue weighted by Gasteiger charge is 2.13. The minimum atomic E-state index is -0.253. The average molecular weight is 401 g/mol. The van der Waals surface area contributed by atoms with Gasteiger partial charge in [-0.25, -0.2) is 4.79 Å². The van der Waals surface area contributed by atoms with Crippen LogP contribution in [0, 0.1) is 0 Å². The number of nitrogens with one attached hydrogen (secondary N) is 1. The van der Waals surface area contributed by atoms with Gasteiger partial charge in [0.15, 0.2) is 0 Å². The molecule has 1 aliphatic heterocycles. The topological polar surface area (TPSA) is 41.6 Å². The summed E-state index contributed by atoms with van der Waals surface area (Å²) in [6.45, 7) is 8.97. The van der Waals surface area contributed by atoms with E-state index in [0.717, 1.165) is 13.0 Å². The Kier molecular flexibility index (Phi) is 16.1. The van der Waals surface area contributed by atoms with E-state index in [2.05, 4.69) is 24.1 Å². The molecule has 1 heterocycles. The van der Waals surface area contributed by atoms with E-state index >= 15 is 0 Å². The van der Waals surface area contributed by atoms with Gasteiger partial charge >= 0.3 is 6.09 Å². The molecule has 1 aliphatic rings. The number of ether oxygens (including phenoxy) is 1. The monoisotopic (exact) mass is 400 g/mol. The van der Waals surface area contributed by atoms with Crippen molar-refractivity contribution in [2.75, 3.05) is 38.5 Å². The van der Waals surface area contributed by atoms with E-state index in [1.807, 2.05) is 11.8 Å². The molecule has 0 radical (unpaired) electrons. The Morgan fingerprint density at radius 1 is 1.00 bits per heavy atom. The Morgan fingerprint density at radius 3 is 2.26 bits per heavy atom. The zero-order chi connectivity index (χ0) is 19.6. The smallest absolute Gasteiger partial charge is 0.407 e. The Labute approximate surface area is 172 Å². The lowest BCUT2D eigenvalue weighted by atomic mass is 10.1. The maximum absolute atomic E-state index is 11.8. The first-order valence-corrected chi connectivity index (χ1v) is 12.6. The van der Waals surface area contributed by atoms with Crippen molar-refractivity contribution in [2.24, 2.45) is 0 Å². The van der Waals surface area contributed by atoms with Crippen LogP contribution >= 0.6 is 11.8 Å². The Balaban J connectivity index is 1.90. The van der Waals surface area contributed by atoms with Crippen LogP contribution in [0.25, 0.3) is 0 Å². The van der Waals surface area contributed by atoms with Crippen LogP contribution in [0.15, 0.2) is 0 Å². The molecule has 1 saturated heterocycles. The first-order chi connectivity index (χ1) is 13.3. The molecule has 0 spiro atoms. The molecule has 1 atom stereocenters. The third kappa shape index (κ3) is 14.3. The van der Waals surface area contributed by atoms with Crippen molar-refractivity contribution in [3.05, 3.63) is 0 Å². The molecule has 1 fully saturated rings. The van der Waals surface area contributed by atoms with Crippen LogP contribution < -0.4 is 5.32 Å². The summed E-state index contributed by atoms with van der Waals surface area (Å²) in [6, 6.07) is 0. The SMILES string of the molecule is CCCCCCCCCCCSC(CC)COC(=O)NCCN1CCCC1. The van der Waals surface area contributed by atoms with Gasteiger partial charge in [0.25, 0.3) is 0 Å². The van der Waals surface area contributed by atoms with Crippen molar-refractivity contribution in [1.29, 1.82) is 0 Å². The fraction of sp³-hybridized carbons (Fsp3) is 0.955. The minimum absolute atomic E-state index is 0.253. The fourth-order valence-electron chi connectivity index (χ4n) is 3.49. The number of unbranched alkanes of at least 4 members (excludes halogenated alkanes) is 8. The molecule has 0 aromatic rings. The van der Waals surface area contributed by atoms with Gasteiger partial charge in [-0.2, -0.15) is 11.8 Å². The van der Waals surface area contributed by atoms with Crippen molar-refractivity contribution in [1.82, 2.24) is 10.2 Å². The molecule has 160 valence electrons. The Morgan fingerprint density at radius 2 is 1.63 bits per heavy atom. The van der Waals surface area contributed by atoms with E-state index < -0.39 is 0 Å². The molecule has 4 nitrogen and oxygen atoms in total. The zero-order valence-electron chi connectivity index (χ0n) is 18.0. The summed E-state index contributed by atoms with van der Waals surface area (Å²) in [6.07, 6.45) is 15.8. The van der Waals surface area contributed by atoms with E-state index in [1.54, 1.807) is 0 Å². The average Bonchev–Trinajstić information content (AvgIpc) is 3.19. The number of likely N-dealkylation sites (tertiary alicyclic amines) is 1. The Bertz CT molecular complexity index is 349. The summed E-state index contributed by atoms with van der Waals surface area (Å²) < 4.78 is 5.41. The summed E-state index contributed by atoms with van der Waals surface area (Å²) in [5.41, 5.74) is 0. The van der Waals surface area contributed by atoms with Gasteiger partial charge in [-0.3, -0.25) is 0 Å². The number of carbonyl (C=O) groups excluding carboxylic acids is 1. The van der Waals surface area contributed by atoms with Gasteiger partial charge in [-0.1, -0.05) is 65.2 Å². The number of hydrogen-bond donors (Lipinski definition) is 1. The lowest BCUT2D eigenvalue weighted by molar-refractivity contribution is 0.145. The van der Waals surface area contributed by atoms with Gasteiger partial charge < -0.3 is 15.0 Å². The van der Waals surface area contributed by atoms with Gasteiger partial charge in [0.2, 0.25) is 0 Å². The normalized spacial score (nSPS) is 15.8. The second-order valence-corrected chi connectivity index (χ2v) is 9.21. The maximum atomic E-state index is 11.8. The quantitative estimate of drug-likeness (QED) is 0.311. The molecule has 27 heavy (non-hydrogen) atoms. The van der Waals surface area contributed by atoms with E-state index in [1.165, 1.54) is 89.5 Å². The van der Waals surface area contributed by atoms with E-state index in [-0.39, 0.29) is 6.09 Å². The van der Waals surface area contributed by atoms with Gasteiger partial charge in [-0.05, 0) is 44.5 Å². The minimum Gasteiger partial charge on any atom is -0.448 e. The second-order valence-electron chi connectivity index (χ2n) is 7.80. The van der Waals surface area contributed by atoms with Crippen LogP contribution in [-0.4, -0.2) is 54.8 Å². The molecule has 1 rings (SSSR count). The summed E-state index contributed by atoms with van der Waals surface area (Å²) in [4.78, 5) is 14.2. The predicted octanol–water partition coefficient (Wildman–Crippen LogP) is 5.85. The molecule has 0 aromatic carbocycles. The molecular formula is C22H44N2O2S.